The third-order valence-corrected chi connectivity index (χ3v) is 5.51. The maximum Gasteiger partial charge on any atom is 0.331 e. The zero-order chi connectivity index (χ0) is 21.8. The lowest BCUT2D eigenvalue weighted by Gasteiger charge is -2.25. The van der Waals surface area contributed by atoms with E-state index < -0.39 is 5.97 Å². The molecule has 4 rings (SSSR count). The Morgan fingerprint density at radius 3 is 2.77 bits per heavy atom. The highest BCUT2D eigenvalue weighted by atomic mass is 16.5. The van der Waals surface area contributed by atoms with E-state index in [1.54, 1.807) is 6.08 Å². The molecule has 31 heavy (non-hydrogen) atoms. The van der Waals surface area contributed by atoms with Gasteiger partial charge in [-0.05, 0) is 55.7 Å². The van der Waals surface area contributed by atoms with Crippen molar-refractivity contribution in [1.29, 1.82) is 0 Å². The van der Waals surface area contributed by atoms with Crippen molar-refractivity contribution in [3.05, 3.63) is 71.6 Å². The van der Waals surface area contributed by atoms with E-state index in [4.69, 9.17) is 4.74 Å². The molecule has 0 saturated carbocycles. The van der Waals surface area contributed by atoms with Gasteiger partial charge in [0.2, 0.25) is 0 Å². The Labute approximate surface area is 182 Å². The maximum atomic E-state index is 11.8. The molecule has 1 aliphatic rings. The topological polar surface area (TPSA) is 67.6 Å². The third kappa shape index (κ3) is 4.48. The number of para-hydroxylation sites is 1. The molecule has 0 spiro atoms. The summed E-state index contributed by atoms with van der Waals surface area (Å²) in [5.74, 6) is -0.0448. The van der Waals surface area contributed by atoms with Crippen molar-refractivity contribution >= 4 is 17.7 Å². The number of carboxylic acids is 1. The number of nitrogens with zero attached hydrogens (tertiary/aromatic N) is 3. The van der Waals surface area contributed by atoms with Gasteiger partial charge in [0.1, 0.15) is 5.75 Å². The standard InChI is InChI=1S/C25H27N3O3/c1-3-28-17-18(15-26-28)16-27-12-11-20(25(29)30)14-21-13-19(9-10-23(21)27)22-7-5-6-8-24(22)31-4-2/h5-10,13-15,17H,3-4,11-12,16H2,1-2H3,(H,29,30). The van der Waals surface area contributed by atoms with Gasteiger partial charge >= 0.3 is 5.97 Å². The Kier molecular flexibility index (Phi) is 6.07. The lowest BCUT2D eigenvalue weighted by Crippen LogP contribution is -2.24. The molecule has 0 atom stereocenters. The van der Waals surface area contributed by atoms with E-state index in [1.807, 2.05) is 48.3 Å². The van der Waals surface area contributed by atoms with Crippen molar-refractivity contribution in [1.82, 2.24) is 9.78 Å². The van der Waals surface area contributed by atoms with Crippen molar-refractivity contribution in [2.75, 3.05) is 18.1 Å². The molecule has 0 aliphatic carbocycles. The Morgan fingerprint density at radius 2 is 2.03 bits per heavy atom. The molecule has 0 amide bonds. The van der Waals surface area contributed by atoms with Crippen LogP contribution in [0.15, 0.2) is 60.4 Å². The summed E-state index contributed by atoms with van der Waals surface area (Å²) in [4.78, 5) is 14.0. The summed E-state index contributed by atoms with van der Waals surface area (Å²) in [6.07, 6.45) is 6.21. The number of hydrogen-bond donors (Lipinski definition) is 1. The Morgan fingerprint density at radius 1 is 1.19 bits per heavy atom. The van der Waals surface area contributed by atoms with Crippen LogP contribution in [0.1, 0.15) is 31.4 Å². The van der Waals surface area contributed by atoms with E-state index >= 15 is 0 Å². The molecule has 0 fully saturated rings. The molecule has 0 saturated heterocycles. The van der Waals surface area contributed by atoms with Crippen molar-refractivity contribution in [2.45, 2.75) is 33.4 Å². The molecule has 0 radical (unpaired) electrons. The SMILES string of the molecule is CCOc1ccccc1-c1ccc2c(c1)C=C(C(=O)O)CCN2Cc1cnn(CC)c1. The minimum Gasteiger partial charge on any atom is -0.493 e. The number of carbonyl (C=O) groups is 1. The second kappa shape index (κ2) is 9.08. The molecule has 2 aromatic carbocycles. The van der Waals surface area contributed by atoms with Crippen LogP contribution < -0.4 is 9.64 Å². The van der Waals surface area contributed by atoms with Gasteiger partial charge < -0.3 is 14.7 Å². The highest BCUT2D eigenvalue weighted by Crippen LogP contribution is 2.36. The molecule has 6 heteroatoms. The molecule has 6 nitrogen and oxygen atoms in total. The maximum absolute atomic E-state index is 11.8. The van der Waals surface area contributed by atoms with Crippen LogP contribution >= 0.6 is 0 Å². The molecular formula is C25H27N3O3. The van der Waals surface area contributed by atoms with Gasteiger partial charge in [-0.1, -0.05) is 24.3 Å². The van der Waals surface area contributed by atoms with Crippen molar-refractivity contribution in [3.63, 3.8) is 0 Å². The first kappa shape index (κ1) is 20.7. The number of benzene rings is 2. The zero-order valence-corrected chi connectivity index (χ0v) is 17.9. The molecule has 1 aliphatic heterocycles. The Hall–Kier alpha value is -3.54. The Balaban J connectivity index is 1.75. The van der Waals surface area contributed by atoms with Crippen LogP contribution in [0.4, 0.5) is 5.69 Å². The number of aryl methyl sites for hydroxylation is 1. The van der Waals surface area contributed by atoms with Crippen LogP contribution in [-0.4, -0.2) is 34.0 Å². The minimum atomic E-state index is -0.869. The highest BCUT2D eigenvalue weighted by Gasteiger charge is 2.20. The number of carboxylic acid groups (broad SMARTS) is 1. The molecule has 1 aromatic heterocycles. The van der Waals surface area contributed by atoms with Gasteiger partial charge in [0.15, 0.2) is 0 Å². The Bertz CT molecular complexity index is 1120. The quantitative estimate of drug-likeness (QED) is 0.595. The van der Waals surface area contributed by atoms with Crippen molar-refractivity contribution in [3.8, 4) is 16.9 Å². The van der Waals surface area contributed by atoms with E-state index in [9.17, 15) is 9.90 Å². The third-order valence-electron chi connectivity index (χ3n) is 5.51. The number of ether oxygens (including phenoxy) is 1. The van der Waals surface area contributed by atoms with Crippen LogP contribution in [0, 0.1) is 0 Å². The van der Waals surface area contributed by atoms with Crippen LogP contribution in [-0.2, 0) is 17.9 Å². The lowest BCUT2D eigenvalue weighted by molar-refractivity contribution is -0.132. The fraction of sp³-hybridized carbons (Fsp3) is 0.280. The molecule has 0 bridgehead atoms. The monoisotopic (exact) mass is 417 g/mol. The van der Waals surface area contributed by atoms with Crippen LogP contribution in [0.5, 0.6) is 5.75 Å². The van der Waals surface area contributed by atoms with E-state index in [0.29, 0.717) is 31.7 Å². The second-order valence-corrected chi connectivity index (χ2v) is 7.55. The van der Waals surface area contributed by atoms with Crippen LogP contribution in [0.3, 0.4) is 0 Å². The number of aliphatic carboxylic acids is 1. The average Bonchev–Trinajstić information content (AvgIpc) is 3.15. The van der Waals surface area contributed by atoms with E-state index in [1.165, 1.54) is 0 Å². The minimum absolute atomic E-state index is 0.420. The number of anilines is 1. The first-order valence-corrected chi connectivity index (χ1v) is 10.7. The predicted octanol–water partition coefficient (Wildman–Crippen LogP) is 4.85. The predicted molar refractivity (Wildman–Crippen MR) is 122 cm³/mol. The molecular weight excluding hydrogens is 390 g/mol. The van der Waals surface area contributed by atoms with E-state index in [0.717, 1.165) is 40.2 Å². The van der Waals surface area contributed by atoms with Gasteiger partial charge in [-0.2, -0.15) is 5.10 Å². The molecule has 1 N–H and O–H groups in total. The molecule has 160 valence electrons. The zero-order valence-electron chi connectivity index (χ0n) is 17.9. The largest absolute Gasteiger partial charge is 0.493 e. The summed E-state index contributed by atoms with van der Waals surface area (Å²) in [7, 11) is 0. The van der Waals surface area contributed by atoms with Gasteiger partial charge in [-0.25, -0.2) is 4.79 Å². The first-order valence-electron chi connectivity index (χ1n) is 10.7. The van der Waals surface area contributed by atoms with Gasteiger partial charge in [-0.15, -0.1) is 0 Å². The van der Waals surface area contributed by atoms with Gasteiger partial charge in [0.05, 0.1) is 12.8 Å². The lowest BCUT2D eigenvalue weighted by atomic mass is 9.99. The van der Waals surface area contributed by atoms with E-state index in [2.05, 4.69) is 35.1 Å². The number of aromatic nitrogens is 2. The molecule has 0 unspecified atom stereocenters. The number of fused-ring (bicyclic) bond motifs is 1. The van der Waals surface area contributed by atoms with E-state index in [-0.39, 0.29) is 0 Å². The van der Waals surface area contributed by atoms with Crippen LogP contribution in [0.25, 0.3) is 17.2 Å². The summed E-state index contributed by atoms with van der Waals surface area (Å²) in [6, 6.07) is 14.2. The highest BCUT2D eigenvalue weighted by molar-refractivity contribution is 5.94. The normalized spacial score (nSPS) is 13.4. The van der Waals surface area contributed by atoms with Crippen molar-refractivity contribution in [2.24, 2.45) is 0 Å². The molecule has 2 heterocycles. The fourth-order valence-corrected chi connectivity index (χ4v) is 3.96. The summed E-state index contributed by atoms with van der Waals surface area (Å²) >= 11 is 0. The first-order chi connectivity index (χ1) is 15.1. The average molecular weight is 418 g/mol. The number of hydrogen-bond acceptors (Lipinski definition) is 4. The van der Waals surface area contributed by atoms with Crippen LogP contribution in [0.2, 0.25) is 0 Å². The summed E-state index contributed by atoms with van der Waals surface area (Å²) in [5.41, 5.74) is 5.46. The van der Waals surface area contributed by atoms with Gasteiger partial charge in [-0.3, -0.25) is 4.68 Å². The molecule has 3 aromatic rings. The van der Waals surface area contributed by atoms with Gasteiger partial charge in [0.25, 0.3) is 0 Å². The fourth-order valence-electron chi connectivity index (χ4n) is 3.96. The smallest absolute Gasteiger partial charge is 0.331 e. The summed E-state index contributed by atoms with van der Waals surface area (Å²) < 4.78 is 7.71. The van der Waals surface area contributed by atoms with Crippen molar-refractivity contribution < 1.29 is 14.6 Å². The number of rotatable bonds is 7. The van der Waals surface area contributed by atoms with Gasteiger partial charge in [0, 0.05) is 48.2 Å². The second-order valence-electron chi connectivity index (χ2n) is 7.55. The summed E-state index contributed by atoms with van der Waals surface area (Å²) in [6.45, 7) is 6.75. The summed E-state index contributed by atoms with van der Waals surface area (Å²) in [5, 5.41) is 14.1.